The standard InChI is InChI=1S/C18H18N7/c1-23-12-8-7-11-14(23)19-18-17-16(21-25(3)22-17)15(20-24(18)2)13-9-5-4-6-10-13/h4-12H,1-3H3/q+1. The lowest BCUT2D eigenvalue weighted by Gasteiger charge is -2.03. The Bertz CT molecular complexity index is 1120. The highest BCUT2D eigenvalue weighted by Gasteiger charge is 2.18. The number of aromatic nitrogens is 6. The largest absolute Gasteiger partial charge is 0.325 e. The monoisotopic (exact) mass is 332 g/mol. The van der Waals surface area contributed by atoms with E-state index in [1.807, 2.05) is 73.4 Å². The van der Waals surface area contributed by atoms with Crippen molar-refractivity contribution in [1.29, 1.82) is 0 Å². The summed E-state index contributed by atoms with van der Waals surface area (Å²) in [6.45, 7) is 0. The van der Waals surface area contributed by atoms with Crippen LogP contribution in [0.4, 0.5) is 5.82 Å². The van der Waals surface area contributed by atoms with Crippen LogP contribution in [0.15, 0.2) is 59.7 Å². The number of benzene rings is 1. The van der Waals surface area contributed by atoms with Gasteiger partial charge in [-0.05, 0) is 11.1 Å². The van der Waals surface area contributed by atoms with Crippen molar-refractivity contribution in [2.75, 3.05) is 0 Å². The SMILES string of the molecule is Cn1nc2c(-c3ccccc3)nn(C)/c(=N/c3cccc[n+]3C)c2n1. The van der Waals surface area contributed by atoms with E-state index in [1.54, 1.807) is 16.5 Å². The van der Waals surface area contributed by atoms with E-state index in [4.69, 9.17) is 10.1 Å². The molecule has 0 amide bonds. The molecule has 0 spiro atoms. The maximum atomic E-state index is 4.76. The van der Waals surface area contributed by atoms with Crippen molar-refractivity contribution in [2.45, 2.75) is 0 Å². The summed E-state index contributed by atoms with van der Waals surface area (Å²) in [6, 6.07) is 15.9. The Morgan fingerprint density at radius 2 is 1.60 bits per heavy atom. The van der Waals surface area contributed by atoms with Gasteiger partial charge in [-0.1, -0.05) is 36.4 Å². The Kier molecular flexibility index (Phi) is 3.61. The second-order valence-electron chi connectivity index (χ2n) is 5.83. The first-order chi connectivity index (χ1) is 12.1. The van der Waals surface area contributed by atoms with Gasteiger partial charge in [0.05, 0.1) is 13.2 Å². The maximum absolute atomic E-state index is 4.76. The van der Waals surface area contributed by atoms with Gasteiger partial charge in [0.25, 0.3) is 5.49 Å². The Hall–Kier alpha value is -3.35. The van der Waals surface area contributed by atoms with Crippen molar-refractivity contribution >= 4 is 16.9 Å². The molecule has 0 saturated heterocycles. The highest BCUT2D eigenvalue weighted by molar-refractivity contribution is 5.87. The minimum atomic E-state index is 0.671. The zero-order valence-corrected chi connectivity index (χ0v) is 14.3. The van der Waals surface area contributed by atoms with Crippen molar-refractivity contribution in [3.05, 3.63) is 60.2 Å². The van der Waals surface area contributed by atoms with Crippen molar-refractivity contribution in [1.82, 2.24) is 24.8 Å². The van der Waals surface area contributed by atoms with Crippen LogP contribution in [-0.2, 0) is 21.1 Å². The molecule has 0 fully saturated rings. The molecule has 4 rings (SSSR count). The van der Waals surface area contributed by atoms with Crippen LogP contribution in [-0.4, -0.2) is 24.8 Å². The van der Waals surface area contributed by atoms with Crippen molar-refractivity contribution in [2.24, 2.45) is 26.1 Å². The van der Waals surface area contributed by atoms with Gasteiger partial charge in [-0.2, -0.15) is 15.0 Å². The smallest absolute Gasteiger partial charge is 0.234 e. The third-order valence-electron chi connectivity index (χ3n) is 4.00. The third-order valence-corrected chi connectivity index (χ3v) is 4.00. The first-order valence-electron chi connectivity index (χ1n) is 7.96. The number of fused-ring (bicyclic) bond motifs is 1. The zero-order chi connectivity index (χ0) is 17.4. The molecular weight excluding hydrogens is 314 g/mol. The van der Waals surface area contributed by atoms with E-state index in [2.05, 4.69) is 10.2 Å². The van der Waals surface area contributed by atoms with Crippen LogP contribution in [0.3, 0.4) is 0 Å². The molecule has 3 heterocycles. The van der Waals surface area contributed by atoms with Gasteiger partial charge in [-0.15, -0.1) is 5.10 Å². The molecule has 0 unspecified atom stereocenters. The highest BCUT2D eigenvalue weighted by atomic mass is 15.5. The van der Waals surface area contributed by atoms with E-state index in [0.717, 1.165) is 28.1 Å². The molecular formula is C18H18N7+. The highest BCUT2D eigenvalue weighted by Crippen LogP contribution is 2.21. The molecule has 0 bridgehead atoms. The van der Waals surface area contributed by atoms with Crippen LogP contribution in [0.1, 0.15) is 0 Å². The number of aryl methyl sites for hydroxylation is 3. The fraction of sp³-hybridized carbons (Fsp3) is 0.167. The van der Waals surface area contributed by atoms with Crippen LogP contribution in [0.2, 0.25) is 0 Å². The molecule has 0 aliphatic heterocycles. The van der Waals surface area contributed by atoms with Gasteiger partial charge >= 0.3 is 5.82 Å². The Labute approximate surface area is 144 Å². The minimum Gasteiger partial charge on any atom is -0.234 e. The van der Waals surface area contributed by atoms with Crippen LogP contribution >= 0.6 is 0 Å². The first kappa shape index (κ1) is 15.2. The molecule has 4 aromatic rings. The van der Waals surface area contributed by atoms with Gasteiger partial charge in [-0.25, -0.2) is 9.25 Å². The average molecular weight is 332 g/mol. The molecule has 0 aliphatic carbocycles. The van der Waals surface area contributed by atoms with Gasteiger partial charge in [0.2, 0.25) is 0 Å². The number of nitrogens with zero attached hydrogens (tertiary/aromatic N) is 7. The van der Waals surface area contributed by atoms with Crippen LogP contribution in [0.25, 0.3) is 22.3 Å². The lowest BCUT2D eigenvalue weighted by atomic mass is 10.1. The summed E-state index contributed by atoms with van der Waals surface area (Å²) < 4.78 is 3.71. The summed E-state index contributed by atoms with van der Waals surface area (Å²) in [5.41, 5.74) is 3.93. The van der Waals surface area contributed by atoms with Crippen LogP contribution in [0.5, 0.6) is 0 Å². The van der Waals surface area contributed by atoms with E-state index < -0.39 is 0 Å². The van der Waals surface area contributed by atoms with Crippen LogP contribution < -0.4 is 10.1 Å². The molecule has 3 aromatic heterocycles. The van der Waals surface area contributed by atoms with E-state index in [1.165, 1.54) is 0 Å². The van der Waals surface area contributed by atoms with E-state index in [-0.39, 0.29) is 0 Å². The quantitative estimate of drug-likeness (QED) is 0.522. The second-order valence-corrected chi connectivity index (χ2v) is 5.83. The summed E-state index contributed by atoms with van der Waals surface area (Å²) in [5.74, 6) is 0.819. The molecule has 1 aromatic carbocycles. The molecule has 7 nitrogen and oxygen atoms in total. The van der Waals surface area contributed by atoms with Gasteiger partial charge in [-0.3, -0.25) is 0 Å². The number of rotatable bonds is 2. The van der Waals surface area contributed by atoms with E-state index >= 15 is 0 Å². The fourth-order valence-electron chi connectivity index (χ4n) is 2.77. The van der Waals surface area contributed by atoms with Gasteiger partial charge in [0.1, 0.15) is 11.2 Å². The lowest BCUT2D eigenvalue weighted by molar-refractivity contribution is -0.658. The van der Waals surface area contributed by atoms with Gasteiger partial charge in [0.15, 0.2) is 5.52 Å². The molecule has 124 valence electrons. The average Bonchev–Trinajstić information content (AvgIpc) is 3.01. The summed E-state index contributed by atoms with van der Waals surface area (Å²) in [4.78, 5) is 6.32. The predicted molar refractivity (Wildman–Crippen MR) is 93.6 cm³/mol. The summed E-state index contributed by atoms with van der Waals surface area (Å²) in [7, 11) is 5.64. The second kappa shape index (κ2) is 5.94. The predicted octanol–water partition coefficient (Wildman–Crippen LogP) is 1.43. The summed E-state index contributed by atoms with van der Waals surface area (Å²) >= 11 is 0. The summed E-state index contributed by atoms with van der Waals surface area (Å²) in [5, 5.41) is 13.8. The van der Waals surface area contributed by atoms with Gasteiger partial charge in [0, 0.05) is 25.7 Å². The van der Waals surface area contributed by atoms with Crippen LogP contribution in [0, 0.1) is 0 Å². The first-order valence-corrected chi connectivity index (χ1v) is 7.96. The Morgan fingerprint density at radius 1 is 0.880 bits per heavy atom. The number of hydrogen-bond acceptors (Lipinski definition) is 4. The minimum absolute atomic E-state index is 0.671. The molecule has 7 heteroatoms. The zero-order valence-electron chi connectivity index (χ0n) is 14.3. The number of hydrogen-bond donors (Lipinski definition) is 0. The fourth-order valence-corrected chi connectivity index (χ4v) is 2.77. The lowest BCUT2D eigenvalue weighted by Crippen LogP contribution is -2.29. The number of pyridine rings is 1. The van der Waals surface area contributed by atoms with E-state index in [9.17, 15) is 0 Å². The molecule has 0 radical (unpaired) electrons. The van der Waals surface area contributed by atoms with Gasteiger partial charge < -0.3 is 0 Å². The Morgan fingerprint density at radius 3 is 2.36 bits per heavy atom. The molecule has 0 atom stereocenters. The molecule has 0 N–H and O–H groups in total. The third kappa shape index (κ3) is 2.69. The maximum Gasteiger partial charge on any atom is 0.325 e. The molecule has 0 saturated carbocycles. The topological polar surface area (TPSA) is 64.8 Å². The normalized spacial score (nSPS) is 12.0. The van der Waals surface area contributed by atoms with E-state index in [0.29, 0.717) is 5.49 Å². The molecule has 25 heavy (non-hydrogen) atoms. The summed E-state index contributed by atoms with van der Waals surface area (Å²) in [6.07, 6.45) is 1.96. The van der Waals surface area contributed by atoms with Crippen molar-refractivity contribution < 1.29 is 4.57 Å². The Balaban J connectivity index is 2.06. The molecule has 0 aliphatic rings. The van der Waals surface area contributed by atoms with Crippen molar-refractivity contribution in [3.8, 4) is 11.3 Å². The van der Waals surface area contributed by atoms with Crippen molar-refractivity contribution in [3.63, 3.8) is 0 Å².